The minimum atomic E-state index is -4.18. The van der Waals surface area contributed by atoms with E-state index in [0.717, 1.165) is 0 Å². The molecule has 1 fully saturated rings. The van der Waals surface area contributed by atoms with Gasteiger partial charge in [-0.25, -0.2) is 4.39 Å². The fourth-order valence-electron chi connectivity index (χ4n) is 2.28. The molecule has 3 nitrogen and oxygen atoms in total. The molecule has 0 saturated carbocycles. The van der Waals surface area contributed by atoms with Gasteiger partial charge in [-0.2, -0.15) is 13.2 Å². The lowest BCUT2D eigenvalue weighted by molar-refractivity contribution is -0.149. The molecule has 1 aromatic carbocycles. The van der Waals surface area contributed by atoms with Gasteiger partial charge in [0.05, 0.1) is 6.54 Å². The second-order valence-corrected chi connectivity index (χ2v) is 4.94. The standard InChI is InChI=1S/C13H16F4N2O/c14-11-1-2-12(20)10(7-11)8-18-3-5-19(6-4-18)9-13(15,16)17/h1-2,7,20H,3-6,8-9H2. The summed E-state index contributed by atoms with van der Waals surface area (Å²) < 4.78 is 49.8. The quantitative estimate of drug-likeness (QED) is 0.865. The number of alkyl halides is 3. The zero-order valence-corrected chi connectivity index (χ0v) is 10.8. The fourth-order valence-corrected chi connectivity index (χ4v) is 2.28. The Labute approximate surface area is 114 Å². The Kier molecular flexibility index (Phi) is 4.49. The summed E-state index contributed by atoms with van der Waals surface area (Å²) in [4.78, 5) is 3.25. The number of aromatic hydroxyl groups is 1. The number of rotatable bonds is 3. The van der Waals surface area contributed by atoms with Crippen molar-refractivity contribution in [3.8, 4) is 5.75 Å². The zero-order valence-electron chi connectivity index (χ0n) is 10.8. The number of phenols is 1. The molecule has 1 aliphatic rings. The molecular weight excluding hydrogens is 276 g/mol. The summed E-state index contributed by atoms with van der Waals surface area (Å²) in [5.74, 6) is -0.433. The van der Waals surface area contributed by atoms with Crippen LogP contribution in [0.4, 0.5) is 17.6 Å². The smallest absolute Gasteiger partial charge is 0.401 e. The summed E-state index contributed by atoms with van der Waals surface area (Å²) in [5, 5.41) is 9.62. The summed E-state index contributed by atoms with van der Waals surface area (Å²) in [5.41, 5.74) is 0.453. The van der Waals surface area contributed by atoms with Crippen LogP contribution in [0.5, 0.6) is 5.75 Å². The van der Waals surface area contributed by atoms with E-state index in [9.17, 15) is 22.7 Å². The molecule has 0 bridgehead atoms. The molecule has 0 amide bonds. The SMILES string of the molecule is Oc1ccc(F)cc1CN1CCN(CC(F)(F)F)CC1. The maximum atomic E-state index is 13.1. The second kappa shape index (κ2) is 5.97. The van der Waals surface area contributed by atoms with Crippen LogP contribution in [0.2, 0.25) is 0 Å². The first-order chi connectivity index (χ1) is 9.33. The van der Waals surface area contributed by atoms with E-state index < -0.39 is 18.5 Å². The molecule has 1 heterocycles. The van der Waals surface area contributed by atoms with Crippen molar-refractivity contribution < 1.29 is 22.7 Å². The topological polar surface area (TPSA) is 26.7 Å². The zero-order chi connectivity index (χ0) is 14.8. The van der Waals surface area contributed by atoms with E-state index in [-0.39, 0.29) is 5.75 Å². The highest BCUT2D eigenvalue weighted by Gasteiger charge is 2.32. The highest BCUT2D eigenvalue weighted by Crippen LogP contribution is 2.21. The Balaban J connectivity index is 1.87. The summed E-state index contributed by atoms with van der Waals surface area (Å²) in [6.07, 6.45) is -4.18. The molecule has 2 rings (SSSR count). The van der Waals surface area contributed by atoms with Crippen molar-refractivity contribution in [3.63, 3.8) is 0 Å². The molecule has 7 heteroatoms. The lowest BCUT2D eigenvalue weighted by Crippen LogP contribution is -2.48. The highest BCUT2D eigenvalue weighted by atomic mass is 19.4. The summed E-state index contributed by atoms with van der Waals surface area (Å²) in [7, 11) is 0. The van der Waals surface area contributed by atoms with E-state index in [1.54, 1.807) is 0 Å². The van der Waals surface area contributed by atoms with Crippen LogP contribution in [0.15, 0.2) is 18.2 Å². The van der Waals surface area contributed by atoms with Crippen molar-refractivity contribution >= 4 is 0 Å². The largest absolute Gasteiger partial charge is 0.508 e. The molecule has 0 atom stereocenters. The molecule has 0 aliphatic carbocycles. The molecule has 1 aromatic rings. The Hall–Kier alpha value is -1.34. The average Bonchev–Trinajstić information content (AvgIpc) is 2.34. The van der Waals surface area contributed by atoms with Crippen molar-refractivity contribution in [1.29, 1.82) is 0 Å². The van der Waals surface area contributed by atoms with Crippen molar-refractivity contribution in [2.24, 2.45) is 0 Å². The highest BCUT2D eigenvalue weighted by molar-refractivity contribution is 5.32. The van der Waals surface area contributed by atoms with Crippen LogP contribution in [0.25, 0.3) is 0 Å². The molecule has 112 valence electrons. The summed E-state index contributed by atoms with van der Waals surface area (Å²) >= 11 is 0. The first-order valence-electron chi connectivity index (χ1n) is 6.32. The van der Waals surface area contributed by atoms with Gasteiger partial charge in [-0.05, 0) is 18.2 Å². The number of nitrogens with zero attached hydrogens (tertiary/aromatic N) is 2. The van der Waals surface area contributed by atoms with Gasteiger partial charge in [-0.3, -0.25) is 9.80 Å². The monoisotopic (exact) mass is 292 g/mol. The fraction of sp³-hybridized carbons (Fsp3) is 0.538. The number of benzene rings is 1. The molecule has 20 heavy (non-hydrogen) atoms. The predicted molar refractivity (Wildman–Crippen MR) is 65.8 cm³/mol. The van der Waals surface area contributed by atoms with Gasteiger partial charge in [0, 0.05) is 38.3 Å². The van der Waals surface area contributed by atoms with Crippen LogP contribution >= 0.6 is 0 Å². The molecule has 0 spiro atoms. The van der Waals surface area contributed by atoms with E-state index in [2.05, 4.69) is 0 Å². The number of piperazine rings is 1. The molecule has 0 radical (unpaired) electrons. The Morgan fingerprint density at radius 3 is 2.25 bits per heavy atom. The summed E-state index contributed by atoms with van der Waals surface area (Å²) in [6, 6.07) is 3.70. The van der Waals surface area contributed by atoms with Crippen molar-refractivity contribution in [2.45, 2.75) is 12.7 Å². The van der Waals surface area contributed by atoms with Crippen LogP contribution in [0, 0.1) is 5.82 Å². The summed E-state index contributed by atoms with van der Waals surface area (Å²) in [6.45, 7) is 0.999. The van der Waals surface area contributed by atoms with Gasteiger partial charge in [-0.15, -0.1) is 0 Å². The van der Waals surface area contributed by atoms with Gasteiger partial charge in [0.1, 0.15) is 11.6 Å². The van der Waals surface area contributed by atoms with Crippen LogP contribution in [-0.4, -0.2) is 53.8 Å². The van der Waals surface area contributed by atoms with Gasteiger partial charge in [0.2, 0.25) is 0 Å². The van der Waals surface area contributed by atoms with Crippen LogP contribution in [0.1, 0.15) is 5.56 Å². The van der Waals surface area contributed by atoms with Gasteiger partial charge >= 0.3 is 6.18 Å². The second-order valence-electron chi connectivity index (χ2n) is 4.94. The number of hydrogen-bond acceptors (Lipinski definition) is 3. The molecule has 1 N–H and O–H groups in total. The maximum Gasteiger partial charge on any atom is 0.401 e. The Morgan fingerprint density at radius 2 is 1.65 bits per heavy atom. The molecule has 0 unspecified atom stereocenters. The van der Waals surface area contributed by atoms with Crippen LogP contribution in [0.3, 0.4) is 0 Å². The average molecular weight is 292 g/mol. The van der Waals surface area contributed by atoms with Crippen molar-refractivity contribution in [3.05, 3.63) is 29.6 Å². The first kappa shape index (κ1) is 15.1. The lowest BCUT2D eigenvalue weighted by Gasteiger charge is -2.35. The van der Waals surface area contributed by atoms with Crippen LogP contribution < -0.4 is 0 Å². The third kappa shape index (κ3) is 4.35. The van der Waals surface area contributed by atoms with Gasteiger partial charge in [0.15, 0.2) is 0 Å². The molecule has 0 aromatic heterocycles. The van der Waals surface area contributed by atoms with E-state index in [4.69, 9.17) is 0 Å². The van der Waals surface area contributed by atoms with Gasteiger partial charge in [-0.1, -0.05) is 0 Å². The van der Waals surface area contributed by atoms with E-state index >= 15 is 0 Å². The predicted octanol–water partition coefficient (Wildman–Crippen LogP) is 2.21. The normalized spacial score (nSPS) is 18.4. The van der Waals surface area contributed by atoms with Gasteiger partial charge < -0.3 is 5.11 Å². The molecule has 1 aliphatic heterocycles. The minimum Gasteiger partial charge on any atom is -0.508 e. The Bertz CT molecular complexity index is 456. The minimum absolute atomic E-state index is 0.00382. The van der Waals surface area contributed by atoms with E-state index in [1.165, 1.54) is 23.1 Å². The number of phenolic OH excluding ortho intramolecular Hbond substituents is 1. The third-order valence-corrected chi connectivity index (χ3v) is 3.30. The molecular formula is C13H16F4N2O. The first-order valence-corrected chi connectivity index (χ1v) is 6.32. The van der Waals surface area contributed by atoms with Crippen molar-refractivity contribution in [1.82, 2.24) is 9.80 Å². The van der Waals surface area contributed by atoms with E-state index in [0.29, 0.717) is 38.3 Å². The number of hydrogen-bond donors (Lipinski definition) is 1. The lowest BCUT2D eigenvalue weighted by atomic mass is 10.1. The van der Waals surface area contributed by atoms with Gasteiger partial charge in [0.25, 0.3) is 0 Å². The maximum absolute atomic E-state index is 13.1. The third-order valence-electron chi connectivity index (χ3n) is 3.30. The molecule has 1 saturated heterocycles. The van der Waals surface area contributed by atoms with E-state index in [1.807, 2.05) is 4.90 Å². The van der Waals surface area contributed by atoms with Crippen LogP contribution in [-0.2, 0) is 6.54 Å². The van der Waals surface area contributed by atoms with Crippen molar-refractivity contribution in [2.75, 3.05) is 32.7 Å². The Morgan fingerprint density at radius 1 is 1.05 bits per heavy atom. The number of halogens is 4.